The van der Waals surface area contributed by atoms with E-state index in [-0.39, 0.29) is 5.41 Å². The van der Waals surface area contributed by atoms with Crippen LogP contribution in [0, 0.1) is 0 Å². The van der Waals surface area contributed by atoms with Gasteiger partial charge in [0.05, 0.1) is 12.8 Å². The molecule has 0 radical (unpaired) electrons. The number of methoxy groups -OCH3 is 1. The predicted octanol–water partition coefficient (Wildman–Crippen LogP) is 4.29. The number of aromatic nitrogens is 2. The van der Waals surface area contributed by atoms with E-state index in [2.05, 4.69) is 43.0 Å². The van der Waals surface area contributed by atoms with Crippen LogP contribution in [0.1, 0.15) is 26.3 Å². The average molecular weight is 323 g/mol. The van der Waals surface area contributed by atoms with Crippen LogP contribution in [0.3, 0.4) is 0 Å². The van der Waals surface area contributed by atoms with Crippen LogP contribution in [0.4, 0.5) is 5.69 Å². The Labute approximate surface area is 141 Å². The molecule has 5 heteroatoms. The van der Waals surface area contributed by atoms with E-state index in [4.69, 9.17) is 15.0 Å². The standard InChI is InChI=1S/C19H21N3O2/c1-19(2,3)14-8-5-12(6-9-14)18-21-17(22-24-18)13-7-10-16(23-4)15(20)11-13/h5-11H,20H2,1-4H3. The van der Waals surface area contributed by atoms with Gasteiger partial charge in [0.15, 0.2) is 0 Å². The fourth-order valence-corrected chi connectivity index (χ4v) is 2.44. The second-order valence-corrected chi connectivity index (χ2v) is 6.71. The molecule has 2 N–H and O–H groups in total. The van der Waals surface area contributed by atoms with E-state index in [0.717, 1.165) is 11.1 Å². The van der Waals surface area contributed by atoms with Crippen LogP contribution in [-0.2, 0) is 5.41 Å². The van der Waals surface area contributed by atoms with Gasteiger partial charge in [-0.05, 0) is 41.3 Å². The molecule has 0 amide bonds. The minimum atomic E-state index is 0.110. The molecule has 0 saturated carbocycles. The van der Waals surface area contributed by atoms with Crippen LogP contribution in [0.15, 0.2) is 47.0 Å². The summed E-state index contributed by atoms with van der Waals surface area (Å²) in [5.74, 6) is 1.61. The van der Waals surface area contributed by atoms with Crippen molar-refractivity contribution < 1.29 is 9.26 Å². The molecule has 1 heterocycles. The van der Waals surface area contributed by atoms with Gasteiger partial charge >= 0.3 is 0 Å². The molecule has 3 rings (SSSR count). The third-order valence-electron chi connectivity index (χ3n) is 3.91. The van der Waals surface area contributed by atoms with Gasteiger partial charge in [-0.25, -0.2) is 0 Å². The van der Waals surface area contributed by atoms with Crippen LogP contribution < -0.4 is 10.5 Å². The van der Waals surface area contributed by atoms with Gasteiger partial charge in [0.1, 0.15) is 5.75 Å². The Bertz CT molecular complexity index is 846. The third kappa shape index (κ3) is 3.11. The van der Waals surface area contributed by atoms with Gasteiger partial charge in [-0.3, -0.25) is 0 Å². The van der Waals surface area contributed by atoms with E-state index in [1.165, 1.54) is 5.56 Å². The monoisotopic (exact) mass is 323 g/mol. The SMILES string of the molecule is COc1ccc(-c2noc(-c3ccc(C(C)(C)C)cc3)n2)cc1N. The minimum Gasteiger partial charge on any atom is -0.495 e. The number of ether oxygens (including phenoxy) is 1. The molecular weight excluding hydrogens is 302 g/mol. The van der Waals surface area contributed by atoms with Crippen molar-refractivity contribution in [3.05, 3.63) is 48.0 Å². The summed E-state index contributed by atoms with van der Waals surface area (Å²) in [5, 5.41) is 4.05. The molecule has 0 aliphatic carbocycles. The van der Waals surface area contributed by atoms with Gasteiger partial charge in [-0.1, -0.05) is 38.1 Å². The Balaban J connectivity index is 1.89. The Morgan fingerprint density at radius 1 is 1.00 bits per heavy atom. The summed E-state index contributed by atoms with van der Waals surface area (Å²) >= 11 is 0. The lowest BCUT2D eigenvalue weighted by Crippen LogP contribution is -2.10. The largest absolute Gasteiger partial charge is 0.495 e. The van der Waals surface area contributed by atoms with Crippen molar-refractivity contribution in [1.29, 1.82) is 0 Å². The van der Waals surface area contributed by atoms with E-state index in [0.29, 0.717) is 23.2 Å². The number of benzene rings is 2. The van der Waals surface area contributed by atoms with Gasteiger partial charge in [0.2, 0.25) is 5.82 Å². The first-order valence-corrected chi connectivity index (χ1v) is 7.77. The zero-order valence-corrected chi connectivity index (χ0v) is 14.3. The smallest absolute Gasteiger partial charge is 0.258 e. The molecule has 5 nitrogen and oxygen atoms in total. The fraction of sp³-hybridized carbons (Fsp3) is 0.263. The number of hydrogen-bond acceptors (Lipinski definition) is 5. The van der Waals surface area contributed by atoms with Crippen LogP contribution in [0.25, 0.3) is 22.8 Å². The molecule has 2 aromatic carbocycles. The summed E-state index contributed by atoms with van der Waals surface area (Å²) < 4.78 is 10.6. The van der Waals surface area contributed by atoms with Crippen LogP contribution in [0.2, 0.25) is 0 Å². The molecule has 3 aromatic rings. The highest BCUT2D eigenvalue weighted by atomic mass is 16.5. The van der Waals surface area contributed by atoms with Crippen molar-refractivity contribution >= 4 is 5.69 Å². The van der Waals surface area contributed by atoms with Gasteiger partial charge < -0.3 is 15.0 Å². The molecule has 1 aromatic heterocycles. The van der Waals surface area contributed by atoms with Gasteiger partial charge in [0.25, 0.3) is 5.89 Å². The maximum atomic E-state index is 5.93. The zero-order valence-electron chi connectivity index (χ0n) is 14.3. The van der Waals surface area contributed by atoms with Crippen molar-refractivity contribution in [2.45, 2.75) is 26.2 Å². The van der Waals surface area contributed by atoms with Crippen LogP contribution in [0.5, 0.6) is 5.75 Å². The molecule has 0 atom stereocenters. The highest BCUT2D eigenvalue weighted by molar-refractivity contribution is 5.67. The molecule has 0 spiro atoms. The second kappa shape index (κ2) is 6.00. The summed E-state index contributed by atoms with van der Waals surface area (Å²) in [6.45, 7) is 6.54. The van der Waals surface area contributed by atoms with Crippen LogP contribution >= 0.6 is 0 Å². The van der Waals surface area contributed by atoms with Crippen molar-refractivity contribution in [3.8, 4) is 28.6 Å². The minimum absolute atomic E-state index is 0.110. The van der Waals surface area contributed by atoms with E-state index < -0.39 is 0 Å². The quantitative estimate of drug-likeness (QED) is 0.728. The van der Waals surface area contributed by atoms with Crippen molar-refractivity contribution in [2.24, 2.45) is 0 Å². The first-order valence-electron chi connectivity index (χ1n) is 7.77. The van der Waals surface area contributed by atoms with Crippen molar-refractivity contribution in [2.75, 3.05) is 12.8 Å². The Morgan fingerprint density at radius 2 is 1.67 bits per heavy atom. The molecule has 124 valence electrons. The molecule has 0 aliphatic heterocycles. The molecule has 0 bridgehead atoms. The number of nitrogens with zero attached hydrogens (tertiary/aromatic N) is 2. The molecule has 0 fully saturated rings. The molecular formula is C19H21N3O2. The first kappa shape index (κ1) is 16.1. The van der Waals surface area contributed by atoms with E-state index in [1.54, 1.807) is 19.2 Å². The highest BCUT2D eigenvalue weighted by Crippen LogP contribution is 2.29. The van der Waals surface area contributed by atoms with Gasteiger partial charge in [-0.15, -0.1) is 0 Å². The summed E-state index contributed by atoms with van der Waals surface area (Å²) in [4.78, 5) is 4.47. The Morgan fingerprint density at radius 3 is 2.25 bits per heavy atom. The maximum absolute atomic E-state index is 5.93. The number of nitrogens with two attached hydrogens (primary N) is 1. The topological polar surface area (TPSA) is 74.2 Å². The Hall–Kier alpha value is -2.82. The average Bonchev–Trinajstić information content (AvgIpc) is 3.04. The number of anilines is 1. The molecule has 0 aliphatic rings. The lowest BCUT2D eigenvalue weighted by Gasteiger charge is -2.18. The number of hydrogen-bond donors (Lipinski definition) is 1. The van der Waals surface area contributed by atoms with Crippen molar-refractivity contribution in [1.82, 2.24) is 10.1 Å². The van der Waals surface area contributed by atoms with Crippen molar-refractivity contribution in [3.63, 3.8) is 0 Å². The Kier molecular flexibility index (Phi) is 4.01. The highest BCUT2D eigenvalue weighted by Gasteiger charge is 2.15. The van der Waals surface area contributed by atoms with Crippen LogP contribution in [-0.4, -0.2) is 17.3 Å². The number of nitrogen functional groups attached to an aromatic ring is 1. The molecule has 0 saturated heterocycles. The molecule has 24 heavy (non-hydrogen) atoms. The lowest BCUT2D eigenvalue weighted by atomic mass is 9.87. The molecule has 0 unspecified atom stereocenters. The lowest BCUT2D eigenvalue weighted by molar-refractivity contribution is 0.417. The van der Waals surface area contributed by atoms with E-state index >= 15 is 0 Å². The fourth-order valence-electron chi connectivity index (χ4n) is 2.44. The summed E-state index contributed by atoms with van der Waals surface area (Å²) in [7, 11) is 1.58. The number of rotatable bonds is 3. The van der Waals surface area contributed by atoms with Gasteiger partial charge in [0, 0.05) is 11.1 Å². The van der Waals surface area contributed by atoms with E-state index in [1.807, 2.05) is 18.2 Å². The first-order chi connectivity index (χ1) is 11.4. The third-order valence-corrected chi connectivity index (χ3v) is 3.91. The van der Waals surface area contributed by atoms with Gasteiger partial charge in [-0.2, -0.15) is 4.98 Å². The van der Waals surface area contributed by atoms with E-state index in [9.17, 15) is 0 Å². The zero-order chi connectivity index (χ0) is 17.3. The predicted molar refractivity (Wildman–Crippen MR) is 94.8 cm³/mol. The summed E-state index contributed by atoms with van der Waals surface area (Å²) in [6.07, 6.45) is 0. The summed E-state index contributed by atoms with van der Waals surface area (Å²) in [6, 6.07) is 13.6. The second-order valence-electron chi connectivity index (χ2n) is 6.71. The summed E-state index contributed by atoms with van der Waals surface area (Å²) in [5.41, 5.74) is 9.52. The maximum Gasteiger partial charge on any atom is 0.258 e. The normalized spacial score (nSPS) is 11.5.